The standard InChI is InChI=1S/C13H16ClN5O2S/c1-19(6-7-21-10-4-2-9(14)3-5-10)11(20)8-22-13-16-12(15)17-18-13/h2-5H,6-8H2,1H3,(H3,15,16,17,18). The Morgan fingerprint density at radius 2 is 2.18 bits per heavy atom. The number of nitrogens with one attached hydrogen (secondary N) is 1. The molecule has 0 unspecified atom stereocenters. The fourth-order valence-corrected chi connectivity index (χ4v) is 2.39. The number of likely N-dealkylation sites (N-methyl/N-ethyl adjacent to an activating group) is 1. The molecule has 1 heterocycles. The highest BCUT2D eigenvalue weighted by Crippen LogP contribution is 2.16. The average molecular weight is 342 g/mol. The molecule has 0 atom stereocenters. The van der Waals surface area contributed by atoms with Gasteiger partial charge in [-0.15, -0.1) is 5.10 Å². The van der Waals surface area contributed by atoms with Crippen LogP contribution in [0.3, 0.4) is 0 Å². The van der Waals surface area contributed by atoms with E-state index in [4.69, 9.17) is 22.1 Å². The fraction of sp³-hybridized carbons (Fsp3) is 0.308. The van der Waals surface area contributed by atoms with Gasteiger partial charge in [0.2, 0.25) is 17.0 Å². The number of aromatic amines is 1. The van der Waals surface area contributed by atoms with Crippen LogP contribution in [0.15, 0.2) is 29.4 Å². The minimum atomic E-state index is -0.0342. The van der Waals surface area contributed by atoms with Gasteiger partial charge in [-0.2, -0.15) is 4.98 Å². The molecule has 2 rings (SSSR count). The summed E-state index contributed by atoms with van der Waals surface area (Å²) in [6.45, 7) is 0.889. The van der Waals surface area contributed by atoms with Gasteiger partial charge in [0.1, 0.15) is 12.4 Å². The van der Waals surface area contributed by atoms with Gasteiger partial charge in [0.15, 0.2) is 0 Å². The Labute approximate surface area is 137 Å². The number of thioether (sulfide) groups is 1. The van der Waals surface area contributed by atoms with Crippen molar-refractivity contribution < 1.29 is 9.53 Å². The number of amides is 1. The molecule has 1 aromatic heterocycles. The van der Waals surface area contributed by atoms with Crippen molar-refractivity contribution in [3.8, 4) is 5.75 Å². The zero-order chi connectivity index (χ0) is 15.9. The summed E-state index contributed by atoms with van der Waals surface area (Å²) >= 11 is 7.02. The predicted molar refractivity (Wildman–Crippen MR) is 86.1 cm³/mol. The van der Waals surface area contributed by atoms with E-state index in [0.29, 0.717) is 23.3 Å². The summed E-state index contributed by atoms with van der Waals surface area (Å²) in [5.74, 6) is 1.16. The normalized spacial score (nSPS) is 10.5. The van der Waals surface area contributed by atoms with Crippen molar-refractivity contribution >= 4 is 35.2 Å². The number of hydrogen-bond donors (Lipinski definition) is 2. The lowest BCUT2D eigenvalue weighted by Gasteiger charge is -2.17. The van der Waals surface area contributed by atoms with Crippen LogP contribution in [0.2, 0.25) is 5.02 Å². The first-order valence-electron chi connectivity index (χ1n) is 6.47. The van der Waals surface area contributed by atoms with Crippen molar-refractivity contribution in [2.75, 3.05) is 31.7 Å². The first-order valence-corrected chi connectivity index (χ1v) is 7.84. The average Bonchev–Trinajstić information content (AvgIpc) is 2.92. The molecule has 0 aliphatic carbocycles. The van der Waals surface area contributed by atoms with Crippen LogP contribution in [0.4, 0.5) is 5.95 Å². The number of nitrogens with two attached hydrogens (primary N) is 1. The molecule has 0 bridgehead atoms. The molecule has 22 heavy (non-hydrogen) atoms. The minimum absolute atomic E-state index is 0.0342. The molecule has 0 aliphatic heterocycles. The Kier molecular flexibility index (Phi) is 5.91. The number of carbonyl (C=O) groups is 1. The number of aromatic nitrogens is 3. The molecule has 9 heteroatoms. The number of H-pyrrole nitrogens is 1. The summed E-state index contributed by atoms with van der Waals surface area (Å²) in [6, 6.07) is 7.08. The molecule has 3 N–H and O–H groups in total. The van der Waals surface area contributed by atoms with Gasteiger partial charge < -0.3 is 15.4 Å². The Bertz CT molecular complexity index is 619. The van der Waals surface area contributed by atoms with Crippen molar-refractivity contribution in [3.63, 3.8) is 0 Å². The second-order valence-corrected chi connectivity index (χ2v) is 5.79. The number of anilines is 1. The molecule has 0 radical (unpaired) electrons. The maximum Gasteiger partial charge on any atom is 0.232 e. The summed E-state index contributed by atoms with van der Waals surface area (Å²) in [5.41, 5.74) is 5.41. The Hall–Kier alpha value is -1.93. The van der Waals surface area contributed by atoms with Gasteiger partial charge >= 0.3 is 0 Å². The van der Waals surface area contributed by atoms with E-state index in [2.05, 4.69) is 15.2 Å². The molecule has 1 aromatic carbocycles. The van der Waals surface area contributed by atoms with Gasteiger partial charge in [-0.1, -0.05) is 23.4 Å². The second-order valence-electron chi connectivity index (χ2n) is 4.41. The molecular formula is C13H16ClN5O2S. The van der Waals surface area contributed by atoms with Crippen LogP contribution in [0.25, 0.3) is 0 Å². The molecule has 0 fully saturated rings. The topological polar surface area (TPSA) is 97.1 Å². The summed E-state index contributed by atoms with van der Waals surface area (Å²) in [6.07, 6.45) is 0. The SMILES string of the molecule is CN(CCOc1ccc(Cl)cc1)C(=O)CSc1n[nH]c(N)n1. The third-order valence-electron chi connectivity index (χ3n) is 2.74. The van der Waals surface area contributed by atoms with E-state index in [1.165, 1.54) is 11.8 Å². The highest BCUT2D eigenvalue weighted by atomic mass is 35.5. The summed E-state index contributed by atoms with van der Waals surface area (Å²) < 4.78 is 5.54. The van der Waals surface area contributed by atoms with E-state index >= 15 is 0 Å². The maximum atomic E-state index is 11.9. The molecule has 7 nitrogen and oxygen atoms in total. The van der Waals surface area contributed by atoms with Crippen LogP contribution in [-0.4, -0.2) is 51.9 Å². The quantitative estimate of drug-likeness (QED) is 0.743. The van der Waals surface area contributed by atoms with Gasteiger partial charge in [-0.25, -0.2) is 5.10 Å². The number of ether oxygens (including phenoxy) is 1. The van der Waals surface area contributed by atoms with Crippen molar-refractivity contribution in [2.24, 2.45) is 0 Å². The lowest BCUT2D eigenvalue weighted by atomic mass is 10.3. The van der Waals surface area contributed by atoms with Crippen molar-refractivity contribution in [1.29, 1.82) is 0 Å². The number of benzene rings is 1. The smallest absolute Gasteiger partial charge is 0.232 e. The Balaban J connectivity index is 1.68. The van der Waals surface area contributed by atoms with Crippen molar-refractivity contribution in [2.45, 2.75) is 5.16 Å². The van der Waals surface area contributed by atoms with Crippen molar-refractivity contribution in [3.05, 3.63) is 29.3 Å². The van der Waals surface area contributed by atoms with E-state index in [1.807, 2.05) is 0 Å². The lowest BCUT2D eigenvalue weighted by Crippen LogP contribution is -2.32. The third kappa shape index (κ3) is 5.12. The largest absolute Gasteiger partial charge is 0.492 e. The molecule has 2 aromatic rings. The number of nitrogens with zero attached hydrogens (tertiary/aromatic N) is 3. The van der Waals surface area contributed by atoms with Crippen LogP contribution in [-0.2, 0) is 4.79 Å². The zero-order valence-corrected chi connectivity index (χ0v) is 13.5. The molecule has 0 saturated carbocycles. The predicted octanol–water partition coefficient (Wildman–Crippen LogP) is 1.67. The van der Waals surface area contributed by atoms with Crippen LogP contribution in [0, 0.1) is 0 Å². The molecular weight excluding hydrogens is 326 g/mol. The molecule has 118 valence electrons. The monoisotopic (exact) mass is 341 g/mol. The highest BCUT2D eigenvalue weighted by Gasteiger charge is 2.11. The zero-order valence-electron chi connectivity index (χ0n) is 12.0. The van der Waals surface area contributed by atoms with Gasteiger partial charge in [0.25, 0.3) is 0 Å². The summed E-state index contributed by atoms with van der Waals surface area (Å²) in [4.78, 5) is 17.5. The summed E-state index contributed by atoms with van der Waals surface area (Å²) in [7, 11) is 1.72. The first kappa shape index (κ1) is 16.4. The number of hydrogen-bond acceptors (Lipinski definition) is 6. The Morgan fingerprint density at radius 1 is 1.45 bits per heavy atom. The third-order valence-corrected chi connectivity index (χ3v) is 3.83. The number of halogens is 1. The number of nitrogen functional groups attached to an aromatic ring is 1. The second kappa shape index (κ2) is 7.90. The van der Waals surface area contributed by atoms with Gasteiger partial charge in [-0.05, 0) is 24.3 Å². The highest BCUT2D eigenvalue weighted by molar-refractivity contribution is 7.99. The molecule has 1 amide bonds. The van der Waals surface area contributed by atoms with Crippen LogP contribution < -0.4 is 10.5 Å². The van der Waals surface area contributed by atoms with E-state index in [9.17, 15) is 4.79 Å². The minimum Gasteiger partial charge on any atom is -0.492 e. The first-order chi connectivity index (χ1) is 10.5. The lowest BCUT2D eigenvalue weighted by molar-refractivity contribution is -0.127. The number of rotatable bonds is 7. The van der Waals surface area contributed by atoms with E-state index in [0.717, 1.165) is 5.75 Å². The van der Waals surface area contributed by atoms with Gasteiger partial charge in [0, 0.05) is 12.1 Å². The molecule has 0 aliphatic rings. The van der Waals surface area contributed by atoms with Crippen LogP contribution >= 0.6 is 23.4 Å². The van der Waals surface area contributed by atoms with Gasteiger partial charge in [0.05, 0.1) is 12.3 Å². The number of carbonyl (C=O) groups excluding carboxylic acids is 1. The molecule has 0 saturated heterocycles. The van der Waals surface area contributed by atoms with E-state index < -0.39 is 0 Å². The maximum absolute atomic E-state index is 11.9. The van der Waals surface area contributed by atoms with E-state index in [1.54, 1.807) is 36.2 Å². The molecule has 0 spiro atoms. The van der Waals surface area contributed by atoms with E-state index in [-0.39, 0.29) is 17.6 Å². The van der Waals surface area contributed by atoms with Gasteiger partial charge in [-0.3, -0.25) is 4.79 Å². The van der Waals surface area contributed by atoms with Crippen LogP contribution in [0.5, 0.6) is 5.75 Å². The fourth-order valence-electron chi connectivity index (χ4n) is 1.52. The van der Waals surface area contributed by atoms with Crippen LogP contribution in [0.1, 0.15) is 0 Å². The summed E-state index contributed by atoms with van der Waals surface area (Å²) in [5, 5.41) is 7.48. The van der Waals surface area contributed by atoms with Crippen molar-refractivity contribution in [1.82, 2.24) is 20.1 Å². The Morgan fingerprint density at radius 3 is 2.82 bits per heavy atom.